The average molecular weight is 648 g/mol. The summed E-state index contributed by atoms with van der Waals surface area (Å²) in [6.07, 6.45) is 0.370. The largest absolute Gasteiger partial charge is 0.480 e. The van der Waals surface area contributed by atoms with E-state index in [1.54, 1.807) is 6.92 Å². The summed E-state index contributed by atoms with van der Waals surface area (Å²) in [5.41, 5.74) is 5.39. The van der Waals surface area contributed by atoms with E-state index in [0.29, 0.717) is 4.90 Å². The van der Waals surface area contributed by atoms with Gasteiger partial charge in [0.05, 0.1) is 0 Å². The van der Waals surface area contributed by atoms with Crippen LogP contribution in [0.25, 0.3) is 0 Å². The van der Waals surface area contributed by atoms with Crippen LogP contribution in [0.15, 0.2) is 36.0 Å². The number of ether oxygens (including phenoxy) is 1. The lowest BCUT2D eigenvalue weighted by atomic mass is 10.0. The number of urea groups is 1. The molecule has 0 aliphatic carbocycles. The number of nitrogens with zero attached hydrogens (tertiary/aromatic N) is 3. The van der Waals surface area contributed by atoms with Crippen LogP contribution in [0.1, 0.15) is 18.5 Å². The number of carboxylic acid groups (broad SMARTS) is 2. The molecule has 0 bridgehead atoms. The number of rotatable bonds is 10. The molecule has 4 atom stereocenters. The molecule has 7 N–H and O–H groups in total. The number of benzene rings is 1. The molecule has 240 valence electrons. The zero-order valence-corrected chi connectivity index (χ0v) is 24.4. The third-order valence-corrected chi connectivity index (χ3v) is 8.21. The predicted molar refractivity (Wildman–Crippen MR) is 153 cm³/mol. The highest BCUT2D eigenvalue weighted by Gasteiger charge is 2.53. The minimum absolute atomic E-state index is 0.0872. The number of amides is 7. The number of nitrogens with one attached hydrogen (secondary N) is 3. The van der Waals surface area contributed by atoms with Gasteiger partial charge in [-0.1, -0.05) is 12.1 Å². The first-order chi connectivity index (χ1) is 21.3. The van der Waals surface area contributed by atoms with Crippen LogP contribution in [-0.2, 0) is 33.5 Å². The number of likely N-dealkylation sites (N-methyl/N-ethyl adjacent to an activating group) is 1. The summed E-state index contributed by atoms with van der Waals surface area (Å²) in [6.45, 7) is 1.29. The molecule has 0 aromatic heterocycles. The molecule has 2 fully saturated rings. The van der Waals surface area contributed by atoms with Crippen LogP contribution in [0.4, 0.5) is 15.3 Å². The number of imide groups is 1. The number of piperazine rings is 1. The first-order valence-electron chi connectivity index (χ1n) is 13.5. The van der Waals surface area contributed by atoms with Crippen LogP contribution in [0, 0.1) is 0 Å². The van der Waals surface area contributed by atoms with Gasteiger partial charge in [-0.2, -0.15) is 0 Å². The minimum atomic E-state index is -1.51. The van der Waals surface area contributed by atoms with Gasteiger partial charge in [0, 0.05) is 31.1 Å². The summed E-state index contributed by atoms with van der Waals surface area (Å²) in [4.78, 5) is 102. The lowest BCUT2D eigenvalue weighted by molar-refractivity contribution is -0.153. The van der Waals surface area contributed by atoms with Gasteiger partial charge in [-0.05, 0) is 30.7 Å². The maximum atomic E-state index is 13.5. The van der Waals surface area contributed by atoms with E-state index in [4.69, 9.17) is 15.6 Å². The smallest absolute Gasteiger partial charge is 0.411 e. The number of nitrogens with two attached hydrogens (primary N) is 1. The Bertz CT molecular complexity index is 1470. The lowest BCUT2D eigenvalue weighted by Gasteiger charge is -2.48. The molecule has 2 saturated heterocycles. The Kier molecular flexibility index (Phi) is 9.92. The van der Waals surface area contributed by atoms with Crippen LogP contribution in [-0.4, -0.2) is 122 Å². The standard InChI is InChI=1S/C26H29N7O11S/c1-2-31-8-9-32(21(37)20(31)36)25(42)30-16(12-3-5-13(6-4-12)28-26(43)44-11-14(27)23(38)39)18(34)29-17-19(35)33-15(24(40)41)7-10-45-22(17)33/h3-7,14,16-17,22H,2,8-11,27H2,1H3,(H,28,43)(H,29,34)(H,30,42)(H,38,39)(H,40,41)/t14-,16-,17?,22+/m1/s1. The highest BCUT2D eigenvalue weighted by molar-refractivity contribution is 8.00. The Balaban J connectivity index is 1.51. The SMILES string of the molecule is CCN1CCN(C(=O)N[C@@H](C(=O)NC2C(=O)N3C(C(=O)O)=CCS[C@@H]23)c2ccc(NC(=O)OC[C@@H](N)C(=O)O)cc2)C(=O)C1=O. The second-order valence-corrected chi connectivity index (χ2v) is 11.0. The Morgan fingerprint density at radius 3 is 2.38 bits per heavy atom. The van der Waals surface area contributed by atoms with Crippen molar-refractivity contribution in [2.75, 3.05) is 37.3 Å². The molecule has 7 amide bonds. The van der Waals surface area contributed by atoms with E-state index in [9.17, 15) is 43.5 Å². The number of carbonyl (C=O) groups excluding carboxylic acids is 6. The molecule has 18 nitrogen and oxygen atoms in total. The number of aliphatic carboxylic acids is 2. The maximum Gasteiger partial charge on any atom is 0.411 e. The van der Waals surface area contributed by atoms with Gasteiger partial charge in [-0.15, -0.1) is 11.8 Å². The molecule has 1 aromatic rings. The van der Waals surface area contributed by atoms with Crippen molar-refractivity contribution in [3.8, 4) is 0 Å². The Hall–Kier alpha value is -5.17. The number of anilines is 1. The third kappa shape index (κ3) is 6.99. The van der Waals surface area contributed by atoms with Crippen LogP contribution >= 0.6 is 11.8 Å². The first-order valence-corrected chi connectivity index (χ1v) is 14.5. The number of thioether (sulfide) groups is 1. The summed E-state index contributed by atoms with van der Waals surface area (Å²) in [7, 11) is 0. The number of carbonyl (C=O) groups is 8. The quantitative estimate of drug-likeness (QED) is 0.124. The third-order valence-electron chi connectivity index (χ3n) is 7.03. The molecule has 1 aromatic carbocycles. The fourth-order valence-electron chi connectivity index (χ4n) is 4.60. The van der Waals surface area contributed by atoms with Crippen molar-refractivity contribution in [2.45, 2.75) is 30.4 Å². The zero-order chi connectivity index (χ0) is 33.0. The Labute approximate surface area is 258 Å². The highest BCUT2D eigenvalue weighted by atomic mass is 32.2. The summed E-state index contributed by atoms with van der Waals surface area (Å²) in [5.74, 6) is -5.90. The fourth-order valence-corrected chi connectivity index (χ4v) is 5.79. The van der Waals surface area contributed by atoms with Crippen molar-refractivity contribution in [1.29, 1.82) is 0 Å². The van der Waals surface area contributed by atoms with Gasteiger partial charge >= 0.3 is 35.9 Å². The van der Waals surface area contributed by atoms with Crippen molar-refractivity contribution in [3.05, 3.63) is 41.6 Å². The molecule has 0 saturated carbocycles. The molecule has 19 heteroatoms. The normalized spacial score (nSPS) is 20.6. The molecule has 0 radical (unpaired) electrons. The number of carboxylic acids is 2. The maximum absolute atomic E-state index is 13.5. The van der Waals surface area contributed by atoms with E-state index in [0.717, 1.165) is 4.90 Å². The van der Waals surface area contributed by atoms with Crippen molar-refractivity contribution in [1.82, 2.24) is 25.3 Å². The molecule has 1 unspecified atom stereocenters. The molecule has 45 heavy (non-hydrogen) atoms. The number of hydrogen-bond donors (Lipinski definition) is 6. The Morgan fingerprint density at radius 2 is 1.76 bits per heavy atom. The number of hydrogen-bond acceptors (Lipinski definition) is 11. The summed E-state index contributed by atoms with van der Waals surface area (Å²) in [5, 5.41) is 24.8. The van der Waals surface area contributed by atoms with Crippen molar-refractivity contribution >= 4 is 65.1 Å². The first kappa shape index (κ1) is 32.7. The summed E-state index contributed by atoms with van der Waals surface area (Å²) in [6, 6.07) is 0.272. The van der Waals surface area contributed by atoms with E-state index < -0.39 is 77.8 Å². The van der Waals surface area contributed by atoms with Gasteiger partial charge in [0.25, 0.3) is 5.91 Å². The minimum Gasteiger partial charge on any atom is -0.480 e. The van der Waals surface area contributed by atoms with Gasteiger partial charge < -0.3 is 36.2 Å². The van der Waals surface area contributed by atoms with Crippen molar-refractivity contribution in [3.63, 3.8) is 0 Å². The monoisotopic (exact) mass is 647 g/mol. The van der Waals surface area contributed by atoms with Gasteiger partial charge in [0.2, 0.25) is 5.91 Å². The van der Waals surface area contributed by atoms with Crippen LogP contribution in [0.5, 0.6) is 0 Å². The van der Waals surface area contributed by atoms with E-state index >= 15 is 0 Å². The van der Waals surface area contributed by atoms with E-state index in [1.807, 2.05) is 0 Å². The Morgan fingerprint density at radius 1 is 1.07 bits per heavy atom. The molecule has 0 spiro atoms. The molecular weight excluding hydrogens is 618 g/mol. The van der Waals surface area contributed by atoms with E-state index in [1.165, 1.54) is 47.0 Å². The van der Waals surface area contributed by atoms with E-state index in [2.05, 4.69) is 16.0 Å². The molecule has 3 heterocycles. The van der Waals surface area contributed by atoms with Crippen molar-refractivity contribution < 1.29 is 53.3 Å². The summed E-state index contributed by atoms with van der Waals surface area (Å²) < 4.78 is 4.75. The van der Waals surface area contributed by atoms with Gasteiger partial charge in [0.15, 0.2) is 0 Å². The second kappa shape index (κ2) is 13.6. The average Bonchev–Trinajstić information content (AvgIpc) is 3.02. The number of fused-ring (bicyclic) bond motifs is 1. The van der Waals surface area contributed by atoms with Crippen LogP contribution < -0.4 is 21.7 Å². The molecule has 3 aliphatic rings. The summed E-state index contributed by atoms with van der Waals surface area (Å²) >= 11 is 1.23. The highest BCUT2D eigenvalue weighted by Crippen LogP contribution is 2.37. The van der Waals surface area contributed by atoms with E-state index in [-0.39, 0.29) is 42.3 Å². The zero-order valence-electron chi connectivity index (χ0n) is 23.6. The fraction of sp³-hybridized carbons (Fsp3) is 0.385. The van der Waals surface area contributed by atoms with Crippen LogP contribution in [0.3, 0.4) is 0 Å². The molecule has 4 rings (SSSR count). The van der Waals surface area contributed by atoms with Crippen molar-refractivity contribution in [2.24, 2.45) is 5.73 Å². The van der Waals surface area contributed by atoms with Gasteiger partial charge in [0.1, 0.15) is 35.8 Å². The lowest BCUT2D eigenvalue weighted by Crippen LogP contribution is -2.70. The van der Waals surface area contributed by atoms with Crippen LogP contribution in [0.2, 0.25) is 0 Å². The second-order valence-electron chi connectivity index (χ2n) is 9.83. The number of β-lactam (4-membered cyclic amide) rings is 1. The molecule has 3 aliphatic heterocycles. The topological polar surface area (TPSA) is 258 Å². The van der Waals surface area contributed by atoms with Gasteiger partial charge in [-0.3, -0.25) is 39.1 Å². The van der Waals surface area contributed by atoms with Gasteiger partial charge in [-0.25, -0.2) is 14.4 Å². The predicted octanol–water partition coefficient (Wildman–Crippen LogP) is -1.54. The molecular formula is C26H29N7O11S.